The third-order valence-electron chi connectivity index (χ3n) is 3.51. The number of nitrogens with one attached hydrogen (secondary N) is 1. The minimum Gasteiger partial charge on any atom is -0.477 e. The largest absolute Gasteiger partial charge is 0.477 e. The zero-order valence-electron chi connectivity index (χ0n) is 14.4. The fraction of sp³-hybridized carbons (Fsp3) is 0.353. The van der Waals surface area contributed by atoms with Crippen LogP contribution in [0.25, 0.3) is 0 Å². The van der Waals surface area contributed by atoms with Gasteiger partial charge in [-0.2, -0.15) is 5.10 Å². The lowest BCUT2D eigenvalue weighted by atomic mass is 10.2. The molecule has 2 aromatic heterocycles. The van der Waals surface area contributed by atoms with Crippen LogP contribution in [-0.2, 0) is 20.9 Å². The van der Waals surface area contributed by atoms with Gasteiger partial charge in [0.05, 0.1) is 30.9 Å². The standard InChI is InChI=1S/C17H21N3O5/c1-4-12(3)25-17(23)14(16(21)22)8-18-15-7-11(2)19-20(15)9-13-5-6-24-10-13/h5-8,10,12,18H,4,9H2,1-3H3,(H,21,22). The summed E-state index contributed by atoms with van der Waals surface area (Å²) >= 11 is 0. The summed E-state index contributed by atoms with van der Waals surface area (Å²) in [6.07, 6.45) is 4.52. The summed E-state index contributed by atoms with van der Waals surface area (Å²) in [5.41, 5.74) is 1.18. The Bertz CT molecular complexity index is 761. The molecule has 2 heterocycles. The fourth-order valence-corrected chi connectivity index (χ4v) is 2.02. The van der Waals surface area contributed by atoms with E-state index >= 15 is 0 Å². The first-order valence-corrected chi connectivity index (χ1v) is 7.87. The van der Waals surface area contributed by atoms with Crippen molar-refractivity contribution < 1.29 is 23.8 Å². The third kappa shape index (κ3) is 4.97. The third-order valence-corrected chi connectivity index (χ3v) is 3.51. The topological polar surface area (TPSA) is 107 Å². The highest BCUT2D eigenvalue weighted by molar-refractivity contribution is 6.13. The SMILES string of the molecule is CCC(C)OC(=O)C(=CNc1cc(C)nn1Cc1ccoc1)C(=O)O. The average Bonchev–Trinajstić information content (AvgIpc) is 3.17. The predicted molar refractivity (Wildman–Crippen MR) is 90.0 cm³/mol. The molecule has 25 heavy (non-hydrogen) atoms. The summed E-state index contributed by atoms with van der Waals surface area (Å²) in [6.45, 7) is 5.81. The van der Waals surface area contributed by atoms with Gasteiger partial charge in [-0.25, -0.2) is 14.3 Å². The number of carbonyl (C=O) groups is 2. The molecule has 2 rings (SSSR count). The van der Waals surface area contributed by atoms with E-state index in [1.54, 1.807) is 30.2 Å². The average molecular weight is 347 g/mol. The molecular weight excluding hydrogens is 326 g/mol. The molecular formula is C17H21N3O5. The molecule has 2 aromatic rings. The lowest BCUT2D eigenvalue weighted by molar-refractivity contribution is -0.147. The van der Waals surface area contributed by atoms with Crippen molar-refractivity contribution in [3.8, 4) is 0 Å². The monoisotopic (exact) mass is 347 g/mol. The molecule has 0 radical (unpaired) electrons. The maximum absolute atomic E-state index is 12.0. The van der Waals surface area contributed by atoms with E-state index in [-0.39, 0.29) is 6.10 Å². The fourth-order valence-electron chi connectivity index (χ4n) is 2.02. The Morgan fingerprint density at radius 1 is 1.52 bits per heavy atom. The van der Waals surface area contributed by atoms with E-state index in [4.69, 9.17) is 9.15 Å². The molecule has 0 aromatic carbocycles. The van der Waals surface area contributed by atoms with Gasteiger partial charge >= 0.3 is 11.9 Å². The summed E-state index contributed by atoms with van der Waals surface area (Å²) in [5, 5.41) is 16.4. The van der Waals surface area contributed by atoms with Gasteiger partial charge in [-0.05, 0) is 26.3 Å². The molecule has 1 atom stereocenters. The number of furan rings is 1. The molecule has 0 amide bonds. The molecule has 0 saturated heterocycles. The van der Waals surface area contributed by atoms with E-state index in [9.17, 15) is 14.7 Å². The summed E-state index contributed by atoms with van der Waals surface area (Å²) < 4.78 is 11.7. The molecule has 0 aliphatic heterocycles. The van der Waals surface area contributed by atoms with Crippen LogP contribution >= 0.6 is 0 Å². The molecule has 1 unspecified atom stereocenters. The highest BCUT2D eigenvalue weighted by atomic mass is 16.5. The molecule has 0 spiro atoms. The lowest BCUT2D eigenvalue weighted by Crippen LogP contribution is -2.21. The van der Waals surface area contributed by atoms with Gasteiger partial charge in [0, 0.05) is 17.8 Å². The number of aryl methyl sites for hydroxylation is 1. The van der Waals surface area contributed by atoms with Crippen LogP contribution in [0.1, 0.15) is 31.5 Å². The Morgan fingerprint density at radius 3 is 2.88 bits per heavy atom. The van der Waals surface area contributed by atoms with Crippen LogP contribution in [0.4, 0.5) is 5.82 Å². The number of nitrogens with zero attached hydrogens (tertiary/aromatic N) is 2. The quantitative estimate of drug-likeness (QED) is 0.327. The molecule has 2 N–H and O–H groups in total. The molecule has 0 bridgehead atoms. The maximum Gasteiger partial charge on any atom is 0.347 e. The molecule has 0 saturated carbocycles. The van der Waals surface area contributed by atoms with Gasteiger partial charge in [-0.1, -0.05) is 6.92 Å². The number of carboxylic acids is 1. The first kappa shape index (κ1) is 18.3. The van der Waals surface area contributed by atoms with Crippen LogP contribution in [0, 0.1) is 6.92 Å². The summed E-state index contributed by atoms with van der Waals surface area (Å²) in [7, 11) is 0. The minimum absolute atomic E-state index is 0.357. The molecule has 8 heteroatoms. The molecule has 0 aliphatic carbocycles. The van der Waals surface area contributed by atoms with Gasteiger partial charge in [0.15, 0.2) is 5.57 Å². The Balaban J connectivity index is 2.17. The predicted octanol–water partition coefficient (Wildman–Crippen LogP) is 2.55. The summed E-state index contributed by atoms with van der Waals surface area (Å²) in [5.74, 6) is -1.70. The Morgan fingerprint density at radius 2 is 2.28 bits per heavy atom. The van der Waals surface area contributed by atoms with Crippen molar-refractivity contribution in [2.75, 3.05) is 5.32 Å². The summed E-state index contributed by atoms with van der Waals surface area (Å²) in [6, 6.07) is 3.55. The number of aliphatic carboxylic acids is 1. The van der Waals surface area contributed by atoms with E-state index < -0.39 is 17.5 Å². The van der Waals surface area contributed by atoms with Crippen molar-refractivity contribution in [2.24, 2.45) is 0 Å². The van der Waals surface area contributed by atoms with Crippen LogP contribution in [0.2, 0.25) is 0 Å². The van der Waals surface area contributed by atoms with Crippen LogP contribution in [0.5, 0.6) is 0 Å². The van der Waals surface area contributed by atoms with Crippen LogP contribution in [-0.4, -0.2) is 32.9 Å². The molecule has 134 valence electrons. The Hall–Kier alpha value is -3.03. The van der Waals surface area contributed by atoms with Crippen LogP contribution in [0.15, 0.2) is 40.8 Å². The first-order valence-electron chi connectivity index (χ1n) is 7.87. The van der Waals surface area contributed by atoms with Crippen molar-refractivity contribution in [1.29, 1.82) is 0 Å². The normalized spacial score (nSPS) is 12.7. The zero-order chi connectivity index (χ0) is 18.4. The number of carbonyl (C=O) groups excluding carboxylic acids is 1. The second-order valence-electron chi connectivity index (χ2n) is 5.59. The number of aromatic nitrogens is 2. The molecule has 8 nitrogen and oxygen atoms in total. The van der Waals surface area contributed by atoms with Crippen LogP contribution in [0.3, 0.4) is 0 Å². The highest BCUT2D eigenvalue weighted by Gasteiger charge is 2.21. The van der Waals surface area contributed by atoms with Crippen molar-refractivity contribution in [2.45, 2.75) is 39.8 Å². The van der Waals surface area contributed by atoms with Crippen LogP contribution < -0.4 is 5.32 Å². The number of rotatable bonds is 8. The van der Waals surface area contributed by atoms with E-state index in [1.807, 2.05) is 19.9 Å². The minimum atomic E-state index is -1.36. The van der Waals surface area contributed by atoms with E-state index in [1.165, 1.54) is 0 Å². The van der Waals surface area contributed by atoms with E-state index in [0.717, 1.165) is 17.5 Å². The number of hydrogen-bond acceptors (Lipinski definition) is 6. The van der Waals surface area contributed by atoms with Gasteiger partial charge in [-0.15, -0.1) is 0 Å². The number of carboxylic acid groups (broad SMARTS) is 1. The Labute approximate surface area is 145 Å². The van der Waals surface area contributed by atoms with Crippen molar-refractivity contribution in [1.82, 2.24) is 9.78 Å². The zero-order valence-corrected chi connectivity index (χ0v) is 14.4. The Kier molecular flexibility index (Phi) is 5.99. The second-order valence-corrected chi connectivity index (χ2v) is 5.59. The van der Waals surface area contributed by atoms with Crippen molar-refractivity contribution in [3.05, 3.63) is 47.7 Å². The lowest BCUT2D eigenvalue weighted by Gasteiger charge is -2.11. The van der Waals surface area contributed by atoms with Crippen molar-refractivity contribution in [3.63, 3.8) is 0 Å². The number of hydrogen-bond donors (Lipinski definition) is 2. The van der Waals surface area contributed by atoms with Gasteiger partial charge in [0.2, 0.25) is 0 Å². The van der Waals surface area contributed by atoms with Gasteiger partial charge in [-0.3, -0.25) is 0 Å². The molecule has 0 fully saturated rings. The first-order chi connectivity index (χ1) is 11.9. The van der Waals surface area contributed by atoms with Gasteiger partial charge < -0.3 is 19.6 Å². The second kappa shape index (κ2) is 8.18. The van der Waals surface area contributed by atoms with E-state index in [0.29, 0.717) is 18.8 Å². The number of esters is 1. The number of anilines is 1. The number of ether oxygens (including phenoxy) is 1. The van der Waals surface area contributed by atoms with Gasteiger partial charge in [0.25, 0.3) is 0 Å². The van der Waals surface area contributed by atoms with Gasteiger partial charge in [0.1, 0.15) is 5.82 Å². The highest BCUT2D eigenvalue weighted by Crippen LogP contribution is 2.14. The van der Waals surface area contributed by atoms with Crippen molar-refractivity contribution >= 4 is 17.8 Å². The summed E-state index contributed by atoms with van der Waals surface area (Å²) in [4.78, 5) is 23.3. The smallest absolute Gasteiger partial charge is 0.347 e. The molecule has 0 aliphatic rings. The van der Waals surface area contributed by atoms with E-state index in [2.05, 4.69) is 10.4 Å². The maximum atomic E-state index is 12.0.